The van der Waals surface area contributed by atoms with Gasteiger partial charge in [0.05, 0.1) is 0 Å². The fourth-order valence-electron chi connectivity index (χ4n) is 3.85. The molecular weight excluding hydrogens is 452 g/mol. The number of carbonyl (C=O) groups excluding carboxylic acids is 1. The molecule has 1 fully saturated rings. The van der Waals surface area contributed by atoms with Crippen molar-refractivity contribution in [3.05, 3.63) is 99.5 Å². The van der Waals surface area contributed by atoms with Gasteiger partial charge in [-0.15, -0.1) is 0 Å². The molecule has 0 aromatic heterocycles. The molecule has 160 valence electrons. The van der Waals surface area contributed by atoms with Crippen molar-refractivity contribution in [1.82, 2.24) is 9.80 Å². The Hall–Kier alpha value is -2.63. The van der Waals surface area contributed by atoms with E-state index in [2.05, 4.69) is 52.0 Å². The van der Waals surface area contributed by atoms with Gasteiger partial charge in [-0.2, -0.15) is 0 Å². The molecule has 4 rings (SSSR count). The van der Waals surface area contributed by atoms with Gasteiger partial charge in [0.25, 0.3) is 5.91 Å². The van der Waals surface area contributed by atoms with E-state index in [-0.39, 0.29) is 5.91 Å². The number of carbonyl (C=O) groups is 1. The van der Waals surface area contributed by atoms with Gasteiger partial charge in [-0.05, 0) is 54.4 Å². The Morgan fingerprint density at radius 3 is 2.35 bits per heavy atom. The second kappa shape index (κ2) is 10.1. The molecule has 3 aromatic carbocycles. The van der Waals surface area contributed by atoms with Crippen molar-refractivity contribution in [3.63, 3.8) is 0 Å². The smallest absolute Gasteiger partial charge is 0.253 e. The normalized spacial score (nSPS) is 14.5. The van der Waals surface area contributed by atoms with Crippen LogP contribution in [0.2, 0.25) is 0 Å². The van der Waals surface area contributed by atoms with Crippen LogP contribution in [0.5, 0.6) is 5.75 Å². The monoisotopic (exact) mass is 478 g/mol. The minimum Gasteiger partial charge on any atom is -0.489 e. The SMILES string of the molecule is Cc1cccc(CN2CCN(C(=O)c3cccc(COc4ccc(Br)cc4)c3)CC2)c1. The molecule has 1 aliphatic heterocycles. The third-order valence-electron chi connectivity index (χ3n) is 5.54. The summed E-state index contributed by atoms with van der Waals surface area (Å²) in [6, 6.07) is 24.2. The van der Waals surface area contributed by atoms with Gasteiger partial charge < -0.3 is 9.64 Å². The first-order valence-corrected chi connectivity index (χ1v) is 11.4. The predicted molar refractivity (Wildman–Crippen MR) is 127 cm³/mol. The van der Waals surface area contributed by atoms with E-state index < -0.39 is 0 Å². The van der Waals surface area contributed by atoms with Crippen LogP contribution < -0.4 is 4.74 Å². The lowest BCUT2D eigenvalue weighted by molar-refractivity contribution is 0.0628. The van der Waals surface area contributed by atoms with Crippen molar-refractivity contribution in [1.29, 1.82) is 0 Å². The van der Waals surface area contributed by atoms with Gasteiger partial charge in [0, 0.05) is 42.8 Å². The predicted octanol–water partition coefficient (Wildman–Crippen LogP) is 5.29. The number of piperazine rings is 1. The Labute approximate surface area is 192 Å². The average molecular weight is 479 g/mol. The molecule has 1 aliphatic rings. The summed E-state index contributed by atoms with van der Waals surface area (Å²) in [5, 5.41) is 0. The standard InChI is InChI=1S/C26H27BrN2O2/c1-20-4-2-5-21(16-20)18-28-12-14-29(15-13-28)26(30)23-7-3-6-22(17-23)19-31-25-10-8-24(27)9-11-25/h2-11,16-17H,12-15,18-19H2,1H3. The van der Waals surface area contributed by atoms with E-state index in [1.807, 2.05) is 53.4 Å². The number of amides is 1. The number of nitrogens with zero attached hydrogens (tertiary/aromatic N) is 2. The van der Waals surface area contributed by atoms with E-state index in [0.29, 0.717) is 6.61 Å². The van der Waals surface area contributed by atoms with Crippen LogP contribution in [-0.4, -0.2) is 41.9 Å². The number of ether oxygens (including phenoxy) is 1. The highest BCUT2D eigenvalue weighted by atomic mass is 79.9. The Morgan fingerprint density at radius 1 is 0.903 bits per heavy atom. The minimum atomic E-state index is 0.0979. The van der Waals surface area contributed by atoms with Crippen LogP contribution >= 0.6 is 15.9 Å². The maximum Gasteiger partial charge on any atom is 0.253 e. The lowest BCUT2D eigenvalue weighted by Gasteiger charge is -2.35. The van der Waals surface area contributed by atoms with E-state index in [4.69, 9.17) is 4.74 Å². The van der Waals surface area contributed by atoms with Crippen molar-refractivity contribution in [3.8, 4) is 5.75 Å². The fraction of sp³-hybridized carbons (Fsp3) is 0.269. The van der Waals surface area contributed by atoms with Gasteiger partial charge in [-0.3, -0.25) is 9.69 Å². The van der Waals surface area contributed by atoms with E-state index >= 15 is 0 Å². The molecule has 31 heavy (non-hydrogen) atoms. The summed E-state index contributed by atoms with van der Waals surface area (Å²) in [5.41, 5.74) is 4.34. The largest absolute Gasteiger partial charge is 0.489 e. The molecule has 0 saturated carbocycles. The van der Waals surface area contributed by atoms with Crippen molar-refractivity contribution in [2.75, 3.05) is 26.2 Å². The number of hydrogen-bond donors (Lipinski definition) is 0. The number of benzene rings is 3. The van der Waals surface area contributed by atoms with Crippen LogP contribution in [0, 0.1) is 6.92 Å². The maximum atomic E-state index is 13.0. The molecule has 4 nitrogen and oxygen atoms in total. The Morgan fingerprint density at radius 2 is 1.61 bits per heavy atom. The Kier molecular flexibility index (Phi) is 7.05. The van der Waals surface area contributed by atoms with Gasteiger partial charge in [0.15, 0.2) is 0 Å². The average Bonchev–Trinajstić information content (AvgIpc) is 2.79. The molecule has 0 N–H and O–H groups in total. The molecule has 0 spiro atoms. The lowest BCUT2D eigenvalue weighted by Crippen LogP contribution is -2.48. The molecule has 0 aliphatic carbocycles. The topological polar surface area (TPSA) is 32.8 Å². The van der Waals surface area contributed by atoms with E-state index in [9.17, 15) is 4.79 Å². The third-order valence-corrected chi connectivity index (χ3v) is 6.07. The summed E-state index contributed by atoms with van der Waals surface area (Å²) in [7, 11) is 0. The molecule has 0 radical (unpaired) electrons. The second-order valence-corrected chi connectivity index (χ2v) is 8.92. The maximum absolute atomic E-state index is 13.0. The van der Waals surface area contributed by atoms with E-state index in [1.54, 1.807) is 0 Å². The number of halogens is 1. The quantitative estimate of drug-likeness (QED) is 0.482. The Balaban J connectivity index is 1.31. The van der Waals surface area contributed by atoms with Crippen molar-refractivity contribution < 1.29 is 9.53 Å². The number of aryl methyl sites for hydroxylation is 1. The third kappa shape index (κ3) is 5.96. The van der Waals surface area contributed by atoms with Crippen LogP contribution in [0.15, 0.2) is 77.3 Å². The lowest BCUT2D eigenvalue weighted by atomic mass is 10.1. The summed E-state index contributed by atoms with van der Waals surface area (Å²) < 4.78 is 6.87. The van der Waals surface area contributed by atoms with E-state index in [0.717, 1.165) is 54.1 Å². The zero-order valence-corrected chi connectivity index (χ0v) is 19.3. The molecule has 1 saturated heterocycles. The molecule has 1 amide bonds. The molecular formula is C26H27BrN2O2. The first-order chi connectivity index (χ1) is 15.1. The molecule has 3 aromatic rings. The molecule has 0 unspecified atom stereocenters. The highest BCUT2D eigenvalue weighted by Crippen LogP contribution is 2.18. The second-order valence-electron chi connectivity index (χ2n) is 8.00. The van der Waals surface area contributed by atoms with Gasteiger partial charge >= 0.3 is 0 Å². The molecule has 0 bridgehead atoms. The van der Waals surface area contributed by atoms with Crippen LogP contribution in [-0.2, 0) is 13.2 Å². The first-order valence-electron chi connectivity index (χ1n) is 10.6. The Bertz CT molecular complexity index is 1030. The van der Waals surface area contributed by atoms with Gasteiger partial charge in [0.2, 0.25) is 0 Å². The zero-order valence-electron chi connectivity index (χ0n) is 17.8. The molecule has 1 heterocycles. The van der Waals surface area contributed by atoms with Gasteiger partial charge in [-0.25, -0.2) is 0 Å². The van der Waals surface area contributed by atoms with E-state index in [1.165, 1.54) is 11.1 Å². The molecule has 5 heteroatoms. The van der Waals surface area contributed by atoms with Crippen molar-refractivity contribution in [2.24, 2.45) is 0 Å². The van der Waals surface area contributed by atoms with Crippen LogP contribution in [0.1, 0.15) is 27.0 Å². The highest BCUT2D eigenvalue weighted by molar-refractivity contribution is 9.10. The van der Waals surface area contributed by atoms with Crippen LogP contribution in [0.4, 0.5) is 0 Å². The summed E-state index contributed by atoms with van der Waals surface area (Å²) in [6.07, 6.45) is 0. The van der Waals surface area contributed by atoms with Crippen molar-refractivity contribution >= 4 is 21.8 Å². The first kappa shape index (κ1) is 21.6. The summed E-state index contributed by atoms with van der Waals surface area (Å²) in [5.74, 6) is 0.908. The molecule has 0 atom stereocenters. The van der Waals surface area contributed by atoms with Crippen LogP contribution in [0.25, 0.3) is 0 Å². The fourth-order valence-corrected chi connectivity index (χ4v) is 4.12. The van der Waals surface area contributed by atoms with Crippen molar-refractivity contribution in [2.45, 2.75) is 20.1 Å². The highest BCUT2D eigenvalue weighted by Gasteiger charge is 2.22. The summed E-state index contributed by atoms with van der Waals surface area (Å²) in [6.45, 7) is 6.80. The summed E-state index contributed by atoms with van der Waals surface area (Å²) in [4.78, 5) is 17.4. The van der Waals surface area contributed by atoms with Gasteiger partial charge in [0.1, 0.15) is 12.4 Å². The summed E-state index contributed by atoms with van der Waals surface area (Å²) >= 11 is 3.43. The van der Waals surface area contributed by atoms with Gasteiger partial charge in [-0.1, -0.05) is 57.9 Å². The van der Waals surface area contributed by atoms with Crippen LogP contribution in [0.3, 0.4) is 0 Å². The number of rotatable bonds is 6. The zero-order chi connectivity index (χ0) is 21.6. The number of hydrogen-bond acceptors (Lipinski definition) is 3. The minimum absolute atomic E-state index is 0.0979.